The van der Waals surface area contributed by atoms with E-state index in [9.17, 15) is 9.59 Å². The first-order chi connectivity index (χ1) is 13.4. The average molecular weight is 445 g/mol. The lowest BCUT2D eigenvalue weighted by Crippen LogP contribution is -2.44. The number of amides is 2. The van der Waals surface area contributed by atoms with E-state index in [0.29, 0.717) is 33.8 Å². The van der Waals surface area contributed by atoms with Crippen LogP contribution in [-0.2, 0) is 11.4 Å². The normalized spacial score (nSPS) is 16.3. The van der Waals surface area contributed by atoms with Gasteiger partial charge >= 0.3 is 6.03 Å². The lowest BCUT2D eigenvalue weighted by Gasteiger charge is -2.28. The van der Waals surface area contributed by atoms with Gasteiger partial charge in [-0.1, -0.05) is 30.3 Å². The summed E-state index contributed by atoms with van der Waals surface area (Å²) in [6.45, 7) is 3.58. The minimum Gasteiger partial charge on any atom is -0.493 e. The van der Waals surface area contributed by atoms with Crippen molar-refractivity contribution in [1.29, 1.82) is 0 Å². The fourth-order valence-corrected chi connectivity index (χ4v) is 3.76. The molecule has 2 aromatic rings. The highest BCUT2D eigenvalue weighted by molar-refractivity contribution is 9.10. The quantitative estimate of drug-likeness (QED) is 0.697. The Bertz CT molecular complexity index is 941. The monoisotopic (exact) mass is 444 g/mol. The van der Waals surface area contributed by atoms with E-state index >= 15 is 0 Å². The van der Waals surface area contributed by atoms with Crippen molar-refractivity contribution in [3.05, 3.63) is 69.3 Å². The Labute approximate surface area is 172 Å². The number of nitrogens with one attached hydrogen (secondary N) is 2. The third-order valence-electron chi connectivity index (χ3n) is 4.46. The number of halogens is 1. The highest BCUT2D eigenvalue weighted by Crippen LogP contribution is 2.40. The molecule has 0 bridgehead atoms. The predicted molar refractivity (Wildman–Crippen MR) is 109 cm³/mol. The largest absolute Gasteiger partial charge is 0.493 e. The van der Waals surface area contributed by atoms with Crippen LogP contribution in [0.2, 0.25) is 0 Å². The number of benzene rings is 2. The summed E-state index contributed by atoms with van der Waals surface area (Å²) in [4.78, 5) is 24.1. The van der Waals surface area contributed by atoms with E-state index in [0.717, 1.165) is 11.1 Å². The Kier molecular flexibility index (Phi) is 6.04. The van der Waals surface area contributed by atoms with Crippen molar-refractivity contribution in [3.63, 3.8) is 0 Å². The van der Waals surface area contributed by atoms with Crippen LogP contribution in [0, 0.1) is 0 Å². The molecule has 0 aliphatic carbocycles. The fourth-order valence-electron chi connectivity index (χ4n) is 3.19. The lowest BCUT2D eigenvalue weighted by molar-refractivity contribution is -0.114. The summed E-state index contributed by atoms with van der Waals surface area (Å²) in [6.07, 6.45) is 0. The fraction of sp³-hybridized carbons (Fsp3) is 0.238. The number of carbonyl (C=O) groups excluding carboxylic acids is 2. The first kappa shape index (κ1) is 19.9. The molecule has 6 nitrogen and oxygen atoms in total. The molecule has 7 heteroatoms. The van der Waals surface area contributed by atoms with Crippen molar-refractivity contribution in [2.45, 2.75) is 26.5 Å². The number of carbonyl (C=O) groups is 2. The van der Waals surface area contributed by atoms with Crippen LogP contribution in [0.3, 0.4) is 0 Å². The highest BCUT2D eigenvalue weighted by Gasteiger charge is 2.30. The van der Waals surface area contributed by atoms with Crippen LogP contribution in [0.4, 0.5) is 4.79 Å². The molecule has 0 unspecified atom stereocenters. The molecule has 0 spiro atoms. The van der Waals surface area contributed by atoms with Crippen LogP contribution in [0.25, 0.3) is 0 Å². The molecule has 1 aliphatic rings. The van der Waals surface area contributed by atoms with E-state index in [2.05, 4.69) is 26.6 Å². The molecule has 2 N–H and O–H groups in total. The molecule has 2 aromatic carbocycles. The number of urea groups is 1. The number of ketones is 1. The van der Waals surface area contributed by atoms with Gasteiger partial charge in [0.05, 0.1) is 17.6 Å². The Hall–Kier alpha value is -2.80. The number of hydrogen-bond acceptors (Lipinski definition) is 4. The molecular formula is C21H21BrN2O4. The van der Waals surface area contributed by atoms with Gasteiger partial charge in [0.1, 0.15) is 6.61 Å². The maximum atomic E-state index is 12.1. The molecule has 1 atom stereocenters. The van der Waals surface area contributed by atoms with Gasteiger partial charge in [-0.2, -0.15) is 0 Å². The molecule has 146 valence electrons. The molecule has 0 saturated heterocycles. The van der Waals surface area contributed by atoms with Gasteiger partial charge < -0.3 is 20.1 Å². The van der Waals surface area contributed by atoms with Gasteiger partial charge in [0.25, 0.3) is 0 Å². The lowest BCUT2D eigenvalue weighted by atomic mass is 9.93. The summed E-state index contributed by atoms with van der Waals surface area (Å²) in [5.74, 6) is 0.948. The maximum absolute atomic E-state index is 12.1. The zero-order valence-electron chi connectivity index (χ0n) is 15.8. The number of hydrogen-bond donors (Lipinski definition) is 2. The molecule has 0 fully saturated rings. The van der Waals surface area contributed by atoms with Gasteiger partial charge in [0, 0.05) is 11.3 Å². The smallest absolute Gasteiger partial charge is 0.319 e. The van der Waals surface area contributed by atoms with E-state index in [1.807, 2.05) is 36.4 Å². The van der Waals surface area contributed by atoms with Crippen LogP contribution < -0.4 is 20.1 Å². The number of allylic oxidation sites excluding steroid dienone is 1. The van der Waals surface area contributed by atoms with Gasteiger partial charge in [-0.05, 0) is 53.0 Å². The number of Topliss-reactive ketones (excluding diaryl/α,β-unsaturated/α-hetero) is 1. The summed E-state index contributed by atoms with van der Waals surface area (Å²) in [6, 6.07) is 12.5. The number of rotatable bonds is 6. The van der Waals surface area contributed by atoms with Crippen molar-refractivity contribution in [3.8, 4) is 11.5 Å². The van der Waals surface area contributed by atoms with Crippen molar-refractivity contribution in [2.24, 2.45) is 0 Å². The Morgan fingerprint density at radius 1 is 1.21 bits per heavy atom. The minimum absolute atomic E-state index is 0.116. The molecule has 0 aromatic heterocycles. The van der Waals surface area contributed by atoms with E-state index in [1.165, 1.54) is 6.92 Å². The zero-order chi connectivity index (χ0) is 20.3. The highest BCUT2D eigenvalue weighted by atomic mass is 79.9. The topological polar surface area (TPSA) is 76.7 Å². The Morgan fingerprint density at radius 3 is 2.57 bits per heavy atom. The third-order valence-corrected chi connectivity index (χ3v) is 5.05. The molecule has 0 saturated carbocycles. The van der Waals surface area contributed by atoms with Crippen LogP contribution >= 0.6 is 15.9 Å². The number of methoxy groups -OCH3 is 1. The van der Waals surface area contributed by atoms with Gasteiger partial charge in [-0.25, -0.2) is 4.79 Å². The molecule has 28 heavy (non-hydrogen) atoms. The van der Waals surface area contributed by atoms with Gasteiger partial charge in [-0.15, -0.1) is 0 Å². The first-order valence-corrected chi connectivity index (χ1v) is 9.53. The second-order valence-electron chi connectivity index (χ2n) is 6.43. The summed E-state index contributed by atoms with van der Waals surface area (Å²) in [5, 5.41) is 5.45. The molecule has 1 heterocycles. The van der Waals surface area contributed by atoms with Crippen LogP contribution in [-0.4, -0.2) is 18.9 Å². The second kappa shape index (κ2) is 8.48. The number of ether oxygens (including phenoxy) is 2. The van der Waals surface area contributed by atoms with Crippen molar-refractivity contribution in [1.82, 2.24) is 10.6 Å². The van der Waals surface area contributed by atoms with Crippen molar-refractivity contribution >= 4 is 27.7 Å². The van der Waals surface area contributed by atoms with Crippen molar-refractivity contribution < 1.29 is 19.1 Å². The van der Waals surface area contributed by atoms with Crippen molar-refractivity contribution in [2.75, 3.05) is 7.11 Å². The van der Waals surface area contributed by atoms with Crippen LogP contribution in [0.1, 0.15) is 31.0 Å². The third kappa shape index (κ3) is 4.20. The average Bonchev–Trinajstić information content (AvgIpc) is 2.66. The summed E-state index contributed by atoms with van der Waals surface area (Å²) in [5.41, 5.74) is 2.80. The van der Waals surface area contributed by atoms with Gasteiger partial charge in [0.2, 0.25) is 0 Å². The van der Waals surface area contributed by atoms with E-state index < -0.39 is 6.04 Å². The Morgan fingerprint density at radius 2 is 1.93 bits per heavy atom. The second-order valence-corrected chi connectivity index (χ2v) is 7.29. The van der Waals surface area contributed by atoms with Crippen LogP contribution in [0.5, 0.6) is 11.5 Å². The Balaban J connectivity index is 1.95. The maximum Gasteiger partial charge on any atom is 0.319 e. The SMILES string of the molecule is COc1cc([C@@H]2NC(=O)NC(C)=C2C(C)=O)cc(Br)c1OCc1ccccc1. The molecule has 3 rings (SSSR count). The van der Waals surface area contributed by atoms with E-state index in [1.54, 1.807) is 20.1 Å². The summed E-state index contributed by atoms with van der Waals surface area (Å²) >= 11 is 3.53. The van der Waals surface area contributed by atoms with Gasteiger partial charge in [0.15, 0.2) is 17.3 Å². The zero-order valence-corrected chi connectivity index (χ0v) is 17.4. The molecular weight excluding hydrogens is 424 g/mol. The van der Waals surface area contributed by atoms with E-state index in [4.69, 9.17) is 9.47 Å². The minimum atomic E-state index is -0.570. The molecule has 2 amide bonds. The first-order valence-electron chi connectivity index (χ1n) is 8.74. The molecule has 0 radical (unpaired) electrons. The summed E-state index contributed by atoms with van der Waals surface area (Å²) in [7, 11) is 1.55. The van der Waals surface area contributed by atoms with Gasteiger partial charge in [-0.3, -0.25) is 4.79 Å². The predicted octanol–water partition coefficient (Wildman–Crippen LogP) is 4.25. The van der Waals surface area contributed by atoms with E-state index in [-0.39, 0.29) is 11.8 Å². The standard InChI is InChI=1S/C21H21BrN2O4/c1-12-18(13(2)25)19(24-21(26)23-12)15-9-16(22)20(17(10-15)27-3)28-11-14-7-5-4-6-8-14/h4-10,19H,11H2,1-3H3,(H2,23,24,26)/t19-/m0/s1. The molecule has 1 aliphatic heterocycles. The van der Waals surface area contributed by atoms with Crippen LogP contribution in [0.15, 0.2) is 58.2 Å². The summed E-state index contributed by atoms with van der Waals surface area (Å²) < 4.78 is 12.1.